The van der Waals surface area contributed by atoms with Gasteiger partial charge in [-0.15, -0.1) is 0 Å². The molecule has 6 nitrogen and oxygen atoms in total. The number of carbonyl (C=O) groups excluding carboxylic acids is 2. The van der Waals surface area contributed by atoms with Gasteiger partial charge in [0.25, 0.3) is 5.91 Å². The molecule has 2 N–H and O–H groups in total. The summed E-state index contributed by atoms with van der Waals surface area (Å²) in [6.07, 6.45) is 1.63. The van der Waals surface area contributed by atoms with E-state index in [1.165, 1.54) is 0 Å². The summed E-state index contributed by atoms with van der Waals surface area (Å²) in [5, 5.41) is 5.07. The van der Waals surface area contributed by atoms with E-state index in [-0.39, 0.29) is 5.91 Å². The third-order valence-electron chi connectivity index (χ3n) is 4.08. The zero-order chi connectivity index (χ0) is 14.3. The maximum absolute atomic E-state index is 12.1. The largest absolute Gasteiger partial charge is 0.496 e. The molecule has 1 fully saturated rings. The van der Waals surface area contributed by atoms with E-state index in [0.717, 1.165) is 16.9 Å². The fourth-order valence-corrected chi connectivity index (χ4v) is 3.06. The Morgan fingerprint density at radius 1 is 1.10 bits per heavy atom. The summed E-state index contributed by atoms with van der Waals surface area (Å²) in [5.74, 6) is 1.24. The number of benzene rings is 1. The molecule has 0 saturated carbocycles. The van der Waals surface area contributed by atoms with Gasteiger partial charge in [0.05, 0.1) is 14.2 Å². The van der Waals surface area contributed by atoms with Crippen molar-refractivity contribution in [1.82, 2.24) is 10.6 Å². The number of nitrogens with one attached hydrogen (secondary N) is 2. The summed E-state index contributed by atoms with van der Waals surface area (Å²) in [7, 11) is 3.22. The van der Waals surface area contributed by atoms with Crippen LogP contribution >= 0.6 is 0 Å². The quantitative estimate of drug-likeness (QED) is 0.782. The van der Waals surface area contributed by atoms with Crippen LogP contribution in [0.4, 0.5) is 4.79 Å². The lowest BCUT2D eigenvalue weighted by molar-refractivity contribution is -0.124. The Hall–Kier alpha value is -2.24. The monoisotopic (exact) mass is 276 g/mol. The highest BCUT2D eigenvalue weighted by Gasteiger charge is 2.49. The molecule has 1 saturated heterocycles. The van der Waals surface area contributed by atoms with Crippen molar-refractivity contribution in [3.05, 3.63) is 23.3 Å². The zero-order valence-corrected chi connectivity index (χ0v) is 11.4. The Balaban J connectivity index is 2.06. The van der Waals surface area contributed by atoms with E-state index in [2.05, 4.69) is 10.6 Å². The van der Waals surface area contributed by atoms with Gasteiger partial charge in [0.2, 0.25) is 0 Å². The fraction of sp³-hybridized carbons (Fsp3) is 0.429. The maximum atomic E-state index is 12.1. The van der Waals surface area contributed by atoms with Crippen molar-refractivity contribution < 1.29 is 19.1 Å². The lowest BCUT2D eigenvalue weighted by Gasteiger charge is -2.33. The summed E-state index contributed by atoms with van der Waals surface area (Å²) >= 11 is 0. The first kappa shape index (κ1) is 12.8. The number of rotatable bonds is 2. The van der Waals surface area contributed by atoms with Crippen LogP contribution < -0.4 is 20.1 Å². The highest BCUT2D eigenvalue weighted by Crippen LogP contribution is 2.40. The lowest BCUT2D eigenvalue weighted by Crippen LogP contribution is -2.51. The number of hydrogen-bond donors (Lipinski definition) is 2. The molecule has 1 spiro atoms. The molecule has 20 heavy (non-hydrogen) atoms. The van der Waals surface area contributed by atoms with Gasteiger partial charge in [-0.1, -0.05) is 0 Å². The molecule has 6 heteroatoms. The van der Waals surface area contributed by atoms with Crippen molar-refractivity contribution in [2.45, 2.75) is 24.8 Å². The van der Waals surface area contributed by atoms with Crippen molar-refractivity contribution in [1.29, 1.82) is 0 Å². The van der Waals surface area contributed by atoms with Gasteiger partial charge in [-0.05, 0) is 25.0 Å². The lowest BCUT2D eigenvalue weighted by atomic mass is 9.77. The number of ether oxygens (including phenoxy) is 2. The van der Waals surface area contributed by atoms with E-state index in [9.17, 15) is 9.59 Å². The highest BCUT2D eigenvalue weighted by atomic mass is 16.5. The molecule has 1 aromatic carbocycles. The minimum Gasteiger partial charge on any atom is -0.496 e. The number of urea groups is 1. The summed E-state index contributed by atoms with van der Waals surface area (Å²) in [5.41, 5.74) is 1.12. The maximum Gasteiger partial charge on any atom is 0.322 e. The molecule has 3 amide bonds. The first-order valence-corrected chi connectivity index (χ1v) is 6.46. The number of imide groups is 1. The van der Waals surface area contributed by atoms with Crippen molar-refractivity contribution in [2.75, 3.05) is 14.2 Å². The average molecular weight is 276 g/mol. The molecule has 0 unspecified atom stereocenters. The predicted molar refractivity (Wildman–Crippen MR) is 71.0 cm³/mol. The molecule has 2 aliphatic rings. The van der Waals surface area contributed by atoms with Crippen LogP contribution in [0.5, 0.6) is 11.5 Å². The van der Waals surface area contributed by atoms with Gasteiger partial charge in [0.1, 0.15) is 17.0 Å². The van der Waals surface area contributed by atoms with Crippen LogP contribution in [0.1, 0.15) is 17.5 Å². The number of methoxy groups -OCH3 is 2. The van der Waals surface area contributed by atoms with E-state index >= 15 is 0 Å². The Morgan fingerprint density at radius 3 is 2.30 bits per heavy atom. The normalized spacial score (nSPS) is 24.1. The van der Waals surface area contributed by atoms with Gasteiger partial charge in [-0.2, -0.15) is 0 Å². The molecule has 1 heterocycles. The van der Waals surface area contributed by atoms with Crippen LogP contribution in [0.2, 0.25) is 0 Å². The second kappa shape index (κ2) is 4.40. The Labute approximate surface area is 116 Å². The fourth-order valence-electron chi connectivity index (χ4n) is 3.06. The summed E-state index contributed by atoms with van der Waals surface area (Å²) in [6.45, 7) is 0. The summed E-state index contributed by atoms with van der Waals surface area (Å²) < 4.78 is 10.7. The topological polar surface area (TPSA) is 76.7 Å². The van der Waals surface area contributed by atoms with Crippen LogP contribution in [-0.4, -0.2) is 31.7 Å². The molecule has 0 aromatic heterocycles. The molecular formula is C14H16N2O4. The van der Waals surface area contributed by atoms with E-state index in [1.807, 2.05) is 12.1 Å². The average Bonchev–Trinajstić information content (AvgIpc) is 2.71. The SMILES string of the molecule is COc1ccc(OC)c2c1CC[C@@]1(C2)NC(=O)NC1=O. The highest BCUT2D eigenvalue weighted by molar-refractivity contribution is 6.07. The van der Waals surface area contributed by atoms with Crippen molar-refractivity contribution in [3.8, 4) is 11.5 Å². The van der Waals surface area contributed by atoms with Gasteiger partial charge in [-0.3, -0.25) is 10.1 Å². The van der Waals surface area contributed by atoms with E-state index in [1.54, 1.807) is 14.2 Å². The molecule has 0 radical (unpaired) electrons. The Morgan fingerprint density at radius 2 is 1.75 bits per heavy atom. The second-order valence-corrected chi connectivity index (χ2v) is 5.09. The van der Waals surface area contributed by atoms with E-state index in [0.29, 0.717) is 25.0 Å². The van der Waals surface area contributed by atoms with Gasteiger partial charge in [0, 0.05) is 17.5 Å². The number of amides is 3. The van der Waals surface area contributed by atoms with Crippen LogP contribution in [0.15, 0.2) is 12.1 Å². The van der Waals surface area contributed by atoms with Crippen molar-refractivity contribution >= 4 is 11.9 Å². The number of hydrogen-bond acceptors (Lipinski definition) is 4. The molecule has 106 valence electrons. The molecule has 3 rings (SSSR count). The molecule has 1 atom stereocenters. The molecular weight excluding hydrogens is 260 g/mol. The minimum absolute atomic E-state index is 0.266. The smallest absolute Gasteiger partial charge is 0.322 e. The third kappa shape index (κ3) is 1.71. The first-order chi connectivity index (χ1) is 9.59. The number of fused-ring (bicyclic) bond motifs is 1. The van der Waals surface area contributed by atoms with E-state index < -0.39 is 11.6 Å². The van der Waals surface area contributed by atoms with Gasteiger partial charge in [0.15, 0.2) is 0 Å². The Kier molecular flexibility index (Phi) is 2.81. The third-order valence-corrected chi connectivity index (χ3v) is 4.08. The second-order valence-electron chi connectivity index (χ2n) is 5.09. The molecule has 1 aromatic rings. The molecule has 1 aliphatic carbocycles. The van der Waals surface area contributed by atoms with Crippen LogP contribution in [0.3, 0.4) is 0 Å². The first-order valence-electron chi connectivity index (χ1n) is 6.46. The zero-order valence-electron chi connectivity index (χ0n) is 11.4. The van der Waals surface area contributed by atoms with Crippen LogP contribution in [-0.2, 0) is 17.6 Å². The van der Waals surface area contributed by atoms with E-state index in [4.69, 9.17) is 9.47 Å². The summed E-state index contributed by atoms with van der Waals surface area (Å²) in [6, 6.07) is 3.26. The van der Waals surface area contributed by atoms with Gasteiger partial charge < -0.3 is 14.8 Å². The minimum atomic E-state index is -0.857. The predicted octanol–water partition coefficient (Wildman–Crippen LogP) is 0.771. The summed E-state index contributed by atoms with van der Waals surface area (Å²) in [4.78, 5) is 23.5. The number of carbonyl (C=O) groups is 2. The Bertz CT molecular complexity index is 599. The van der Waals surface area contributed by atoms with Crippen LogP contribution in [0.25, 0.3) is 0 Å². The van der Waals surface area contributed by atoms with Crippen LogP contribution in [0, 0.1) is 0 Å². The van der Waals surface area contributed by atoms with Crippen molar-refractivity contribution in [3.63, 3.8) is 0 Å². The van der Waals surface area contributed by atoms with Gasteiger partial charge >= 0.3 is 6.03 Å². The van der Waals surface area contributed by atoms with Gasteiger partial charge in [-0.25, -0.2) is 4.79 Å². The standard InChI is InChI=1S/C14H16N2O4/c1-19-10-3-4-11(20-2)9-7-14(6-5-8(9)10)12(17)15-13(18)16-14/h3-4H,5-7H2,1-2H3,(H2,15,16,17,18)/t14-/m0/s1. The molecule has 1 aliphatic heterocycles. The molecule has 0 bridgehead atoms. The van der Waals surface area contributed by atoms with Crippen molar-refractivity contribution in [2.24, 2.45) is 0 Å².